The maximum absolute atomic E-state index is 5.45. The van der Waals surface area contributed by atoms with Gasteiger partial charge in [-0.2, -0.15) is 0 Å². The SMILES string of the molecule is c1ccc(-c2ccccc2-c2cc(-c3ccc(-c4cccc5ccccc45)cc3)nc(-c3c4ccccc4cc4c3ccc3ccccc34)n2)cc1. The van der Waals surface area contributed by atoms with E-state index in [-0.39, 0.29) is 0 Å². The first-order valence-electron chi connectivity index (χ1n) is 17.7. The Kier molecular flexibility index (Phi) is 7.18. The highest BCUT2D eigenvalue weighted by molar-refractivity contribution is 6.19. The molecule has 0 unspecified atom stereocenters. The van der Waals surface area contributed by atoms with Crippen LogP contribution in [0.4, 0.5) is 0 Å². The fraction of sp³-hybridized carbons (Fsp3) is 0. The van der Waals surface area contributed by atoms with Crippen LogP contribution in [0.5, 0.6) is 0 Å². The van der Waals surface area contributed by atoms with Crippen LogP contribution in [-0.4, -0.2) is 9.97 Å². The lowest BCUT2D eigenvalue weighted by Gasteiger charge is -2.16. The molecule has 0 fully saturated rings. The molecule has 0 aliphatic carbocycles. The topological polar surface area (TPSA) is 25.8 Å². The van der Waals surface area contributed by atoms with Crippen LogP contribution < -0.4 is 0 Å². The first-order chi connectivity index (χ1) is 25.8. The summed E-state index contributed by atoms with van der Waals surface area (Å²) in [5.41, 5.74) is 9.62. The van der Waals surface area contributed by atoms with Crippen molar-refractivity contribution in [1.82, 2.24) is 9.97 Å². The van der Waals surface area contributed by atoms with Gasteiger partial charge in [-0.1, -0.05) is 182 Å². The third-order valence-corrected chi connectivity index (χ3v) is 10.3. The van der Waals surface area contributed by atoms with Gasteiger partial charge in [-0.25, -0.2) is 9.97 Å². The van der Waals surface area contributed by atoms with Crippen LogP contribution in [-0.2, 0) is 0 Å². The van der Waals surface area contributed by atoms with E-state index in [1.165, 1.54) is 43.4 Å². The Morgan fingerprint density at radius 2 is 0.827 bits per heavy atom. The predicted molar refractivity (Wildman–Crippen MR) is 219 cm³/mol. The minimum absolute atomic E-state index is 0.713. The van der Waals surface area contributed by atoms with E-state index in [4.69, 9.17) is 9.97 Å². The number of hydrogen-bond donors (Lipinski definition) is 0. The molecule has 2 nitrogen and oxygen atoms in total. The molecular weight excluding hydrogens is 629 g/mol. The molecule has 1 heterocycles. The van der Waals surface area contributed by atoms with E-state index in [2.05, 4.69) is 194 Å². The maximum atomic E-state index is 5.45. The summed E-state index contributed by atoms with van der Waals surface area (Å²) in [6.45, 7) is 0. The van der Waals surface area contributed by atoms with Crippen LogP contribution in [0.2, 0.25) is 0 Å². The molecular formula is C50H32N2. The molecule has 1 aromatic heterocycles. The van der Waals surface area contributed by atoms with E-state index < -0.39 is 0 Å². The molecule has 0 amide bonds. The first-order valence-corrected chi connectivity index (χ1v) is 17.7. The van der Waals surface area contributed by atoms with Crippen LogP contribution >= 0.6 is 0 Å². The summed E-state index contributed by atoms with van der Waals surface area (Å²) in [6.07, 6.45) is 0. The highest BCUT2D eigenvalue weighted by Crippen LogP contribution is 2.41. The van der Waals surface area contributed by atoms with E-state index in [0.29, 0.717) is 5.82 Å². The van der Waals surface area contributed by atoms with Gasteiger partial charge in [0.2, 0.25) is 0 Å². The molecule has 0 saturated carbocycles. The lowest BCUT2D eigenvalue weighted by Crippen LogP contribution is -1.98. The van der Waals surface area contributed by atoms with E-state index in [1.54, 1.807) is 0 Å². The van der Waals surface area contributed by atoms with Crippen molar-refractivity contribution in [2.45, 2.75) is 0 Å². The van der Waals surface area contributed by atoms with Gasteiger partial charge in [-0.05, 0) is 77.5 Å². The lowest BCUT2D eigenvalue weighted by atomic mass is 9.92. The Bertz CT molecular complexity index is 2940. The highest BCUT2D eigenvalue weighted by Gasteiger charge is 2.19. The second-order valence-electron chi connectivity index (χ2n) is 13.3. The molecule has 10 aromatic rings. The van der Waals surface area contributed by atoms with Gasteiger partial charge in [0.05, 0.1) is 11.4 Å². The Hall–Kier alpha value is -6.90. The smallest absolute Gasteiger partial charge is 0.161 e. The summed E-state index contributed by atoms with van der Waals surface area (Å²) in [5.74, 6) is 0.713. The van der Waals surface area contributed by atoms with Crippen LogP contribution in [0.1, 0.15) is 0 Å². The van der Waals surface area contributed by atoms with Crippen molar-refractivity contribution in [3.8, 4) is 56.2 Å². The molecule has 9 aromatic carbocycles. The third-order valence-electron chi connectivity index (χ3n) is 10.3. The molecule has 242 valence electrons. The summed E-state index contributed by atoms with van der Waals surface area (Å²) in [5, 5.41) is 9.57. The maximum Gasteiger partial charge on any atom is 0.161 e. The van der Waals surface area contributed by atoms with Gasteiger partial charge >= 0.3 is 0 Å². The van der Waals surface area contributed by atoms with Gasteiger partial charge in [-0.15, -0.1) is 0 Å². The standard InChI is InChI=1S/C50H32N2/c1-2-13-33(14-3-1)41-20-10-11-23-44(41)48-32-47(37-27-25-36(26-28-37)40-24-12-18-34-15-4-7-19-39(34)40)51-50(52-48)49-43-22-9-6-17-38(43)31-46-42-21-8-5-16-35(42)29-30-45(46)49/h1-32H. The summed E-state index contributed by atoms with van der Waals surface area (Å²) in [7, 11) is 0. The van der Waals surface area contributed by atoms with E-state index in [0.717, 1.165) is 50.0 Å². The summed E-state index contributed by atoms with van der Waals surface area (Å²) >= 11 is 0. The monoisotopic (exact) mass is 660 g/mol. The third kappa shape index (κ3) is 5.12. The number of nitrogens with zero attached hydrogens (tertiary/aromatic N) is 2. The molecule has 10 rings (SSSR count). The molecule has 0 bridgehead atoms. The first kappa shape index (κ1) is 30.0. The number of hydrogen-bond acceptors (Lipinski definition) is 2. The van der Waals surface area contributed by atoms with Crippen LogP contribution in [0.3, 0.4) is 0 Å². The zero-order valence-corrected chi connectivity index (χ0v) is 28.4. The van der Waals surface area contributed by atoms with E-state index >= 15 is 0 Å². The average molecular weight is 661 g/mol. The van der Waals surface area contributed by atoms with Crippen LogP contribution in [0.15, 0.2) is 194 Å². The quantitative estimate of drug-likeness (QED) is 0.136. The molecule has 0 N–H and O–H groups in total. The number of aromatic nitrogens is 2. The van der Waals surface area contributed by atoms with Gasteiger partial charge in [-0.3, -0.25) is 0 Å². The Morgan fingerprint density at radius 1 is 0.269 bits per heavy atom. The van der Waals surface area contributed by atoms with Gasteiger partial charge in [0, 0.05) is 16.7 Å². The molecule has 0 spiro atoms. The zero-order valence-electron chi connectivity index (χ0n) is 28.4. The van der Waals surface area contributed by atoms with Crippen molar-refractivity contribution >= 4 is 43.1 Å². The van der Waals surface area contributed by atoms with Crippen molar-refractivity contribution in [3.63, 3.8) is 0 Å². The van der Waals surface area contributed by atoms with Gasteiger partial charge in [0.25, 0.3) is 0 Å². The number of fused-ring (bicyclic) bond motifs is 5. The van der Waals surface area contributed by atoms with Crippen molar-refractivity contribution in [2.24, 2.45) is 0 Å². The van der Waals surface area contributed by atoms with Crippen molar-refractivity contribution in [2.75, 3.05) is 0 Å². The molecule has 52 heavy (non-hydrogen) atoms. The molecule has 0 radical (unpaired) electrons. The normalized spacial score (nSPS) is 11.5. The van der Waals surface area contributed by atoms with Gasteiger partial charge in [0.15, 0.2) is 5.82 Å². The van der Waals surface area contributed by atoms with Crippen molar-refractivity contribution in [1.29, 1.82) is 0 Å². The Labute approximate surface area is 302 Å². The van der Waals surface area contributed by atoms with Crippen molar-refractivity contribution in [3.05, 3.63) is 194 Å². The largest absolute Gasteiger partial charge is 0.228 e. The fourth-order valence-electron chi connectivity index (χ4n) is 7.78. The highest BCUT2D eigenvalue weighted by atomic mass is 14.9. The Balaban J connectivity index is 1.23. The number of rotatable bonds is 5. The van der Waals surface area contributed by atoms with Gasteiger partial charge in [0.1, 0.15) is 0 Å². The molecule has 2 heteroatoms. The molecule has 0 aliphatic rings. The molecule has 0 atom stereocenters. The van der Waals surface area contributed by atoms with E-state index in [9.17, 15) is 0 Å². The average Bonchev–Trinajstić information content (AvgIpc) is 3.23. The summed E-state index contributed by atoms with van der Waals surface area (Å²) < 4.78 is 0. The Morgan fingerprint density at radius 3 is 1.63 bits per heavy atom. The van der Waals surface area contributed by atoms with Crippen LogP contribution in [0, 0.1) is 0 Å². The summed E-state index contributed by atoms with van der Waals surface area (Å²) in [4.78, 5) is 10.9. The second-order valence-corrected chi connectivity index (χ2v) is 13.3. The van der Waals surface area contributed by atoms with E-state index in [1.807, 2.05) is 0 Å². The second kappa shape index (κ2) is 12.5. The minimum Gasteiger partial charge on any atom is -0.228 e. The van der Waals surface area contributed by atoms with Crippen molar-refractivity contribution < 1.29 is 0 Å². The fourth-order valence-corrected chi connectivity index (χ4v) is 7.78. The lowest BCUT2D eigenvalue weighted by molar-refractivity contribution is 1.19. The minimum atomic E-state index is 0.713. The molecule has 0 aliphatic heterocycles. The van der Waals surface area contributed by atoms with Crippen LogP contribution in [0.25, 0.3) is 99.2 Å². The zero-order chi connectivity index (χ0) is 34.4. The predicted octanol–water partition coefficient (Wildman–Crippen LogP) is 13.4. The summed E-state index contributed by atoms with van der Waals surface area (Å²) in [6, 6.07) is 69.2. The van der Waals surface area contributed by atoms with Gasteiger partial charge < -0.3 is 0 Å². The molecule has 0 saturated heterocycles. The number of benzene rings is 9.